The maximum absolute atomic E-state index is 13.1. The lowest BCUT2D eigenvalue weighted by atomic mass is 9.97. The number of rotatable bonds is 6. The van der Waals surface area contributed by atoms with Crippen molar-refractivity contribution in [1.82, 2.24) is 14.5 Å². The van der Waals surface area contributed by atoms with E-state index in [4.69, 9.17) is 30.9 Å². The molecule has 0 N–H and O–H groups in total. The number of thiophene rings is 1. The van der Waals surface area contributed by atoms with Gasteiger partial charge in [-0.25, -0.2) is 9.78 Å². The monoisotopic (exact) mass is 553 g/mol. The average Bonchev–Trinajstić information content (AvgIpc) is 3.35. The van der Waals surface area contributed by atoms with Crippen LogP contribution in [0.1, 0.15) is 46.0 Å². The van der Waals surface area contributed by atoms with Crippen molar-refractivity contribution in [3.8, 4) is 16.9 Å². The molecule has 0 aliphatic heterocycles. The van der Waals surface area contributed by atoms with Crippen LogP contribution in [0, 0.1) is 13.8 Å². The minimum Gasteiger partial charge on any atom is -0.491 e. The Kier molecular flexibility index (Phi) is 8.58. The Bertz CT molecular complexity index is 1560. The number of fused-ring (bicyclic) bond motifs is 2. The van der Waals surface area contributed by atoms with Crippen molar-refractivity contribution in [1.29, 1.82) is 0 Å². The van der Waals surface area contributed by atoms with E-state index in [-0.39, 0.29) is 5.56 Å². The predicted molar refractivity (Wildman–Crippen MR) is 149 cm³/mol. The Labute approximate surface area is 229 Å². The zero-order chi connectivity index (χ0) is 27.4. The highest BCUT2D eigenvalue weighted by Gasteiger charge is 2.21. The molecule has 4 aromatic rings. The molecule has 0 amide bonds. The predicted octanol–water partition coefficient (Wildman–Crippen LogP) is 5.35. The summed E-state index contributed by atoms with van der Waals surface area (Å²) >= 11 is 7.80. The fraction of sp³-hybridized carbons (Fsp3) is 0.321. The van der Waals surface area contributed by atoms with Crippen molar-refractivity contribution in [2.45, 2.75) is 46.1 Å². The molecule has 198 valence electrons. The zero-order valence-corrected chi connectivity index (χ0v) is 23.1. The van der Waals surface area contributed by atoms with Gasteiger partial charge < -0.3 is 14.3 Å². The van der Waals surface area contributed by atoms with Gasteiger partial charge in [0.05, 0.1) is 35.1 Å². The molecule has 0 atom stereocenters. The van der Waals surface area contributed by atoms with Crippen molar-refractivity contribution in [2.24, 2.45) is 0 Å². The van der Waals surface area contributed by atoms with Crippen molar-refractivity contribution >= 4 is 45.9 Å². The van der Waals surface area contributed by atoms with Crippen LogP contribution in [0.25, 0.3) is 21.3 Å². The standard InChI is InChI=1S/C27H26ClN3O4S.CH2O/c1-15-12-20(25-24(29-15)21(14-36-25)27(33)34-3)19-13-17(28)8-9-23(19)35-11-10-31-16(2)30-22-7-5-4-6-18(22)26(31)32;1-2/h8-9,12-14H,4-7,10-11H2,1-3H3;1H2. The van der Waals surface area contributed by atoms with Crippen molar-refractivity contribution in [3.05, 3.63) is 73.4 Å². The second-order valence-corrected chi connectivity index (χ2v) is 10.2. The van der Waals surface area contributed by atoms with Crippen LogP contribution in [0.5, 0.6) is 5.75 Å². The SMILES string of the molecule is C=O.COC(=O)c1csc2c(-c3cc(Cl)ccc3OCCn3c(C)nc4c(c3=O)CCCC4)cc(C)nc12. The number of ether oxygens (including phenoxy) is 2. The van der Waals surface area contributed by atoms with Gasteiger partial charge in [-0.05, 0) is 63.8 Å². The molecule has 38 heavy (non-hydrogen) atoms. The summed E-state index contributed by atoms with van der Waals surface area (Å²) in [4.78, 5) is 42.6. The van der Waals surface area contributed by atoms with E-state index >= 15 is 0 Å². The quantitative estimate of drug-likeness (QED) is 0.297. The number of methoxy groups -OCH3 is 1. The van der Waals surface area contributed by atoms with Gasteiger partial charge in [0, 0.05) is 32.8 Å². The molecule has 1 aliphatic carbocycles. The second kappa shape index (κ2) is 11.9. The topological polar surface area (TPSA) is 100 Å². The van der Waals surface area contributed by atoms with E-state index in [1.54, 1.807) is 16.0 Å². The second-order valence-electron chi connectivity index (χ2n) is 8.87. The molecule has 1 aliphatic rings. The van der Waals surface area contributed by atoms with E-state index in [1.807, 2.05) is 38.8 Å². The number of aromatic nitrogens is 3. The number of pyridine rings is 1. The lowest BCUT2D eigenvalue weighted by molar-refractivity contribution is -0.0980. The van der Waals surface area contributed by atoms with Crippen LogP contribution in [0.2, 0.25) is 5.02 Å². The molecule has 5 rings (SSSR count). The minimum absolute atomic E-state index is 0.0394. The first kappa shape index (κ1) is 27.5. The summed E-state index contributed by atoms with van der Waals surface area (Å²) in [5.41, 5.74) is 5.28. The first-order valence-corrected chi connectivity index (χ1v) is 13.4. The number of aryl methyl sites for hydroxylation is 3. The van der Waals surface area contributed by atoms with Gasteiger partial charge in [-0.2, -0.15) is 0 Å². The summed E-state index contributed by atoms with van der Waals surface area (Å²) in [6.07, 6.45) is 3.77. The number of carbonyl (C=O) groups excluding carboxylic acids is 2. The smallest absolute Gasteiger partial charge is 0.340 e. The Balaban J connectivity index is 0.00000164. The Hall–Kier alpha value is -3.56. The van der Waals surface area contributed by atoms with Crippen LogP contribution in [0.15, 0.2) is 34.4 Å². The highest BCUT2D eigenvalue weighted by molar-refractivity contribution is 7.18. The van der Waals surface area contributed by atoms with Gasteiger partial charge >= 0.3 is 5.97 Å². The molecule has 8 nitrogen and oxygen atoms in total. The molecule has 1 aromatic carbocycles. The minimum atomic E-state index is -0.424. The molecule has 0 spiro atoms. The van der Waals surface area contributed by atoms with Crippen molar-refractivity contribution in [3.63, 3.8) is 0 Å². The summed E-state index contributed by atoms with van der Waals surface area (Å²) in [5, 5.41) is 2.33. The molecule has 0 radical (unpaired) electrons. The van der Waals surface area contributed by atoms with Gasteiger partial charge in [-0.1, -0.05) is 11.6 Å². The average molecular weight is 554 g/mol. The number of benzene rings is 1. The largest absolute Gasteiger partial charge is 0.491 e. The van der Waals surface area contributed by atoms with Crippen LogP contribution in [0.3, 0.4) is 0 Å². The maximum atomic E-state index is 13.1. The van der Waals surface area contributed by atoms with E-state index in [2.05, 4.69) is 4.98 Å². The summed E-state index contributed by atoms with van der Waals surface area (Å²) in [6, 6.07) is 7.41. The van der Waals surface area contributed by atoms with E-state index in [9.17, 15) is 9.59 Å². The third kappa shape index (κ3) is 5.35. The molecule has 10 heteroatoms. The molecule has 0 bridgehead atoms. The molecule has 0 fully saturated rings. The maximum Gasteiger partial charge on any atom is 0.340 e. The van der Waals surface area contributed by atoms with Crippen LogP contribution >= 0.6 is 22.9 Å². The number of hydrogen-bond acceptors (Lipinski definition) is 8. The van der Waals surface area contributed by atoms with Gasteiger partial charge in [-0.15, -0.1) is 11.3 Å². The van der Waals surface area contributed by atoms with E-state index in [0.717, 1.165) is 58.5 Å². The normalized spacial score (nSPS) is 12.4. The Morgan fingerprint density at radius 2 is 1.89 bits per heavy atom. The number of nitrogens with zero attached hydrogens (tertiary/aromatic N) is 3. The van der Waals surface area contributed by atoms with Gasteiger partial charge in [0.25, 0.3) is 5.56 Å². The zero-order valence-electron chi connectivity index (χ0n) is 21.5. The fourth-order valence-electron chi connectivity index (χ4n) is 4.75. The molecular formula is C28H28ClN3O5S. The third-order valence-corrected chi connectivity index (χ3v) is 7.73. The van der Waals surface area contributed by atoms with Gasteiger partial charge in [0.1, 0.15) is 25.0 Å². The Morgan fingerprint density at radius 3 is 2.66 bits per heavy atom. The van der Waals surface area contributed by atoms with Crippen molar-refractivity contribution < 1.29 is 19.1 Å². The van der Waals surface area contributed by atoms with Crippen LogP contribution in [-0.4, -0.2) is 41.0 Å². The number of hydrogen-bond donors (Lipinski definition) is 0. The number of carbonyl (C=O) groups is 2. The van der Waals surface area contributed by atoms with Gasteiger partial charge in [0.2, 0.25) is 0 Å². The molecule has 0 unspecified atom stereocenters. The molecule has 3 heterocycles. The summed E-state index contributed by atoms with van der Waals surface area (Å²) < 4.78 is 13.7. The summed E-state index contributed by atoms with van der Waals surface area (Å²) in [6.45, 7) is 6.44. The first-order chi connectivity index (χ1) is 18.4. The van der Waals surface area contributed by atoms with Gasteiger partial charge in [0.15, 0.2) is 0 Å². The molecule has 0 saturated heterocycles. The lowest BCUT2D eigenvalue weighted by Gasteiger charge is -2.19. The highest BCUT2D eigenvalue weighted by Crippen LogP contribution is 2.40. The fourth-order valence-corrected chi connectivity index (χ4v) is 5.93. The van der Waals surface area contributed by atoms with E-state index < -0.39 is 5.97 Å². The Morgan fingerprint density at radius 1 is 1.13 bits per heavy atom. The number of esters is 1. The first-order valence-electron chi connectivity index (χ1n) is 12.1. The van der Waals surface area contributed by atoms with Crippen LogP contribution < -0.4 is 10.3 Å². The van der Waals surface area contributed by atoms with Crippen molar-refractivity contribution in [2.75, 3.05) is 13.7 Å². The molecular weight excluding hydrogens is 526 g/mol. The molecule has 0 saturated carbocycles. The van der Waals surface area contributed by atoms with E-state index in [1.165, 1.54) is 18.4 Å². The summed E-state index contributed by atoms with van der Waals surface area (Å²) in [5.74, 6) is 0.921. The third-order valence-electron chi connectivity index (χ3n) is 6.49. The highest BCUT2D eigenvalue weighted by atomic mass is 35.5. The molecule has 3 aromatic heterocycles. The van der Waals surface area contributed by atoms with E-state index in [0.29, 0.717) is 40.8 Å². The van der Waals surface area contributed by atoms with Crippen LogP contribution in [0.4, 0.5) is 0 Å². The lowest BCUT2D eigenvalue weighted by Crippen LogP contribution is -2.32. The van der Waals surface area contributed by atoms with Gasteiger partial charge in [-0.3, -0.25) is 14.3 Å². The summed E-state index contributed by atoms with van der Waals surface area (Å²) in [7, 11) is 1.36. The number of halogens is 1. The van der Waals surface area contributed by atoms with Crippen LogP contribution in [-0.2, 0) is 28.9 Å².